The summed E-state index contributed by atoms with van der Waals surface area (Å²) in [5.41, 5.74) is 3.24. The van der Waals surface area contributed by atoms with Crippen LogP contribution in [-0.4, -0.2) is 56.6 Å². The molecule has 1 saturated heterocycles. The third-order valence-corrected chi connectivity index (χ3v) is 4.94. The summed E-state index contributed by atoms with van der Waals surface area (Å²) in [5, 5.41) is 14.7. The van der Waals surface area contributed by atoms with Crippen LogP contribution < -0.4 is 0 Å². The van der Waals surface area contributed by atoms with Crippen LogP contribution in [0.2, 0.25) is 0 Å². The highest BCUT2D eigenvalue weighted by Crippen LogP contribution is 2.13. The summed E-state index contributed by atoms with van der Waals surface area (Å²) in [7, 11) is 0. The van der Waals surface area contributed by atoms with Gasteiger partial charge >= 0.3 is 5.82 Å². The number of carbonyl (C=O) groups excluding carboxylic acids is 1. The zero-order chi connectivity index (χ0) is 19.4. The monoisotopic (exact) mass is 371 g/mol. The molecule has 2 aromatic rings. The SMILES string of the molecule is Cc1ccc(CN2CCN(C(=O)CCn3nc([N+](=O)[O-])cc3C)CC2)cc1. The van der Waals surface area contributed by atoms with Gasteiger partial charge in [-0.1, -0.05) is 29.8 Å². The van der Waals surface area contributed by atoms with Gasteiger partial charge in [0.2, 0.25) is 5.91 Å². The van der Waals surface area contributed by atoms with Crippen molar-refractivity contribution < 1.29 is 9.72 Å². The maximum Gasteiger partial charge on any atom is 0.390 e. The van der Waals surface area contributed by atoms with E-state index >= 15 is 0 Å². The summed E-state index contributed by atoms with van der Waals surface area (Å²) in [6.07, 6.45) is 0.303. The fourth-order valence-corrected chi connectivity index (χ4v) is 3.28. The van der Waals surface area contributed by atoms with Gasteiger partial charge in [-0.2, -0.15) is 4.68 Å². The number of amides is 1. The molecule has 0 unspecified atom stereocenters. The number of rotatable bonds is 6. The van der Waals surface area contributed by atoms with Gasteiger partial charge in [-0.3, -0.25) is 9.69 Å². The van der Waals surface area contributed by atoms with E-state index in [4.69, 9.17) is 0 Å². The van der Waals surface area contributed by atoms with Crippen LogP contribution in [0.25, 0.3) is 0 Å². The van der Waals surface area contributed by atoms with E-state index in [9.17, 15) is 14.9 Å². The molecular formula is C19H25N5O3. The highest BCUT2D eigenvalue weighted by Gasteiger charge is 2.22. The van der Waals surface area contributed by atoms with E-state index in [-0.39, 0.29) is 11.7 Å². The molecule has 0 N–H and O–H groups in total. The molecule has 1 amide bonds. The summed E-state index contributed by atoms with van der Waals surface area (Å²) in [5.74, 6) is -0.104. The standard InChI is InChI=1S/C19H25N5O3/c1-15-3-5-17(6-4-15)14-21-9-11-22(12-10-21)19(25)7-8-23-16(2)13-18(20-23)24(26)27/h3-6,13H,7-12,14H2,1-2H3. The Balaban J connectivity index is 1.45. The highest BCUT2D eigenvalue weighted by molar-refractivity contribution is 5.76. The van der Waals surface area contributed by atoms with E-state index in [1.165, 1.54) is 21.9 Å². The second-order valence-corrected chi connectivity index (χ2v) is 7.02. The van der Waals surface area contributed by atoms with Crippen molar-refractivity contribution in [1.29, 1.82) is 0 Å². The lowest BCUT2D eigenvalue weighted by Crippen LogP contribution is -2.48. The van der Waals surface area contributed by atoms with Crippen molar-refractivity contribution in [1.82, 2.24) is 19.6 Å². The first kappa shape index (κ1) is 19.0. The molecule has 1 aliphatic rings. The Morgan fingerprint density at radius 3 is 2.41 bits per heavy atom. The molecule has 3 rings (SSSR count). The van der Waals surface area contributed by atoms with Crippen LogP contribution in [0.15, 0.2) is 30.3 Å². The van der Waals surface area contributed by atoms with Crippen LogP contribution in [0.4, 0.5) is 5.82 Å². The number of hydrogen-bond donors (Lipinski definition) is 0. The predicted octanol–water partition coefficient (Wildman–Crippen LogP) is 2.14. The van der Waals surface area contributed by atoms with Gasteiger partial charge in [0, 0.05) is 39.1 Å². The molecule has 0 atom stereocenters. The molecule has 0 bridgehead atoms. The highest BCUT2D eigenvalue weighted by atomic mass is 16.6. The molecule has 1 aromatic heterocycles. The summed E-state index contributed by atoms with van der Waals surface area (Å²) >= 11 is 0. The van der Waals surface area contributed by atoms with Crippen LogP contribution in [-0.2, 0) is 17.9 Å². The van der Waals surface area contributed by atoms with E-state index in [1.807, 2.05) is 4.90 Å². The largest absolute Gasteiger partial charge is 0.390 e. The second kappa shape index (κ2) is 8.30. The normalized spacial score (nSPS) is 15.1. The first-order chi connectivity index (χ1) is 12.9. The summed E-state index contributed by atoms with van der Waals surface area (Å²) in [6, 6.07) is 9.97. The average molecular weight is 371 g/mol. The fraction of sp³-hybridized carbons (Fsp3) is 0.474. The van der Waals surface area contributed by atoms with Crippen LogP contribution in [0.5, 0.6) is 0 Å². The lowest BCUT2D eigenvalue weighted by atomic mass is 10.1. The number of piperazine rings is 1. The number of carbonyl (C=O) groups is 1. The van der Waals surface area contributed by atoms with Crippen molar-refractivity contribution in [3.8, 4) is 0 Å². The molecule has 27 heavy (non-hydrogen) atoms. The number of aryl methyl sites for hydroxylation is 3. The Hall–Kier alpha value is -2.74. The maximum atomic E-state index is 12.5. The number of benzene rings is 1. The summed E-state index contributed by atoms with van der Waals surface area (Å²) in [6.45, 7) is 8.23. The van der Waals surface area contributed by atoms with Gasteiger partial charge in [0.1, 0.15) is 0 Å². The van der Waals surface area contributed by atoms with Gasteiger partial charge in [0.15, 0.2) is 0 Å². The second-order valence-electron chi connectivity index (χ2n) is 7.02. The molecular weight excluding hydrogens is 346 g/mol. The average Bonchev–Trinajstić information content (AvgIpc) is 3.03. The number of hydrogen-bond acceptors (Lipinski definition) is 5. The number of nitrogens with zero attached hydrogens (tertiary/aromatic N) is 5. The quantitative estimate of drug-likeness (QED) is 0.574. The third kappa shape index (κ3) is 4.91. The van der Waals surface area contributed by atoms with Crippen molar-refractivity contribution >= 4 is 11.7 Å². The minimum absolute atomic E-state index is 0.0718. The Morgan fingerprint density at radius 2 is 1.81 bits per heavy atom. The molecule has 1 aromatic carbocycles. The Bertz CT molecular complexity index is 807. The minimum Gasteiger partial charge on any atom is -0.358 e. The molecule has 8 heteroatoms. The van der Waals surface area contributed by atoms with Crippen LogP contribution in [0, 0.1) is 24.0 Å². The zero-order valence-electron chi connectivity index (χ0n) is 15.8. The Kier molecular flexibility index (Phi) is 5.85. The number of aromatic nitrogens is 2. The van der Waals surface area contributed by atoms with E-state index in [1.54, 1.807) is 6.92 Å². The molecule has 1 aliphatic heterocycles. The van der Waals surface area contributed by atoms with Crippen LogP contribution >= 0.6 is 0 Å². The lowest BCUT2D eigenvalue weighted by Gasteiger charge is -2.34. The topological polar surface area (TPSA) is 84.5 Å². The third-order valence-electron chi connectivity index (χ3n) is 4.94. The predicted molar refractivity (Wildman–Crippen MR) is 101 cm³/mol. The van der Waals surface area contributed by atoms with Gasteiger partial charge < -0.3 is 15.0 Å². The van der Waals surface area contributed by atoms with Crippen molar-refractivity contribution in [3.63, 3.8) is 0 Å². The maximum absolute atomic E-state index is 12.5. The summed E-state index contributed by atoms with van der Waals surface area (Å²) in [4.78, 5) is 27.0. The molecule has 2 heterocycles. The summed E-state index contributed by atoms with van der Waals surface area (Å²) < 4.78 is 1.53. The van der Waals surface area contributed by atoms with Crippen molar-refractivity contribution in [3.05, 3.63) is 57.3 Å². The van der Waals surface area contributed by atoms with Gasteiger partial charge in [-0.25, -0.2) is 0 Å². The molecule has 0 spiro atoms. The van der Waals surface area contributed by atoms with Gasteiger partial charge in [0.05, 0.1) is 23.4 Å². The Morgan fingerprint density at radius 1 is 1.15 bits per heavy atom. The van der Waals surface area contributed by atoms with Gasteiger partial charge in [0.25, 0.3) is 0 Å². The van der Waals surface area contributed by atoms with Crippen LogP contribution in [0.3, 0.4) is 0 Å². The Labute approximate surface area is 158 Å². The number of nitro groups is 1. The van der Waals surface area contributed by atoms with Crippen molar-refractivity contribution in [2.45, 2.75) is 33.4 Å². The van der Waals surface area contributed by atoms with E-state index in [0.29, 0.717) is 31.7 Å². The van der Waals surface area contributed by atoms with Crippen molar-refractivity contribution in [2.75, 3.05) is 26.2 Å². The van der Waals surface area contributed by atoms with E-state index < -0.39 is 4.92 Å². The first-order valence-electron chi connectivity index (χ1n) is 9.17. The molecule has 144 valence electrons. The smallest absolute Gasteiger partial charge is 0.358 e. The first-order valence-corrected chi connectivity index (χ1v) is 9.17. The van der Waals surface area contributed by atoms with Gasteiger partial charge in [-0.15, -0.1) is 0 Å². The van der Waals surface area contributed by atoms with Crippen LogP contribution in [0.1, 0.15) is 23.2 Å². The van der Waals surface area contributed by atoms with Gasteiger partial charge in [-0.05, 0) is 24.3 Å². The van der Waals surface area contributed by atoms with E-state index in [0.717, 1.165) is 19.6 Å². The van der Waals surface area contributed by atoms with E-state index in [2.05, 4.69) is 41.2 Å². The fourth-order valence-electron chi connectivity index (χ4n) is 3.28. The molecule has 1 fully saturated rings. The molecule has 8 nitrogen and oxygen atoms in total. The minimum atomic E-state index is -0.515. The molecule has 0 radical (unpaired) electrons. The molecule has 0 saturated carbocycles. The molecule has 0 aliphatic carbocycles. The lowest BCUT2D eigenvalue weighted by molar-refractivity contribution is -0.389. The zero-order valence-corrected chi connectivity index (χ0v) is 15.8. The van der Waals surface area contributed by atoms with Crippen molar-refractivity contribution in [2.24, 2.45) is 0 Å².